The number of carbonyl (C=O) groups excluding carboxylic acids is 2. The highest BCUT2D eigenvalue weighted by Crippen LogP contribution is 2.25. The number of nitrogens with one attached hydrogen (secondary N) is 2. The zero-order valence-corrected chi connectivity index (χ0v) is 27.1. The van der Waals surface area contributed by atoms with Crippen LogP contribution in [0.15, 0.2) is 89.8 Å². The van der Waals surface area contributed by atoms with Gasteiger partial charge in [0.05, 0.1) is 12.1 Å². The Labute approximate surface area is 266 Å². The van der Waals surface area contributed by atoms with Gasteiger partial charge >= 0.3 is 0 Å². The van der Waals surface area contributed by atoms with Gasteiger partial charge in [0.15, 0.2) is 0 Å². The molecule has 0 saturated heterocycles. The van der Waals surface area contributed by atoms with Gasteiger partial charge in [0.25, 0.3) is 11.8 Å². The lowest BCUT2D eigenvalue weighted by atomic mass is 10.0. The van der Waals surface area contributed by atoms with Crippen LogP contribution in [0.1, 0.15) is 64.1 Å². The van der Waals surface area contributed by atoms with Crippen molar-refractivity contribution in [1.82, 2.24) is 15.5 Å². The van der Waals surface area contributed by atoms with E-state index >= 15 is 0 Å². The van der Waals surface area contributed by atoms with Gasteiger partial charge in [0.2, 0.25) is 0 Å². The summed E-state index contributed by atoms with van der Waals surface area (Å²) in [6.07, 6.45) is 0.918. The average Bonchev–Trinajstić information content (AvgIpc) is 3.02. The van der Waals surface area contributed by atoms with Crippen molar-refractivity contribution in [3.8, 4) is 0 Å². The molecule has 7 heteroatoms. The Morgan fingerprint density at radius 2 is 1.55 bits per heavy atom. The quantitative estimate of drug-likeness (QED) is 0.129. The number of nitrogens with zero attached hydrogens (tertiary/aromatic N) is 1. The van der Waals surface area contributed by atoms with Crippen LogP contribution in [0.3, 0.4) is 0 Å². The summed E-state index contributed by atoms with van der Waals surface area (Å²) in [5, 5.41) is 20.1. The summed E-state index contributed by atoms with van der Waals surface area (Å²) in [5.41, 5.74) is 4.10. The monoisotopic (exact) mass is 611 g/mol. The van der Waals surface area contributed by atoms with Crippen molar-refractivity contribution >= 4 is 34.3 Å². The van der Waals surface area contributed by atoms with Crippen LogP contribution in [0.25, 0.3) is 10.8 Å². The minimum atomic E-state index is -0.827. The first kappa shape index (κ1) is 33.2. The molecular weight excluding hydrogens is 566 g/mol. The van der Waals surface area contributed by atoms with Crippen LogP contribution in [-0.4, -0.2) is 59.4 Å². The number of hydrogen-bond acceptors (Lipinski definition) is 5. The zero-order valence-electron chi connectivity index (χ0n) is 26.3. The van der Waals surface area contributed by atoms with Crippen LogP contribution in [-0.2, 0) is 6.54 Å². The maximum Gasteiger partial charge on any atom is 0.253 e. The van der Waals surface area contributed by atoms with Crippen LogP contribution >= 0.6 is 11.8 Å². The van der Waals surface area contributed by atoms with Gasteiger partial charge < -0.3 is 20.6 Å². The van der Waals surface area contributed by atoms with Gasteiger partial charge in [-0.25, -0.2) is 0 Å². The van der Waals surface area contributed by atoms with Gasteiger partial charge in [-0.3, -0.25) is 9.59 Å². The molecule has 0 bridgehead atoms. The summed E-state index contributed by atoms with van der Waals surface area (Å²) in [6.45, 7) is 10.4. The Hall–Kier alpha value is -3.65. The molecule has 2 atom stereocenters. The number of carbonyl (C=O) groups is 2. The van der Waals surface area contributed by atoms with Crippen LogP contribution < -0.4 is 10.6 Å². The first-order valence-corrected chi connectivity index (χ1v) is 16.5. The number of aliphatic hydroxyl groups excluding tert-OH is 1. The Balaban J connectivity index is 1.50. The molecule has 4 rings (SSSR count). The van der Waals surface area contributed by atoms with Gasteiger partial charge in [-0.2, -0.15) is 0 Å². The van der Waals surface area contributed by atoms with Crippen LogP contribution in [0.4, 0.5) is 0 Å². The lowest BCUT2D eigenvalue weighted by Gasteiger charge is -2.25. The molecule has 4 aromatic rings. The fourth-order valence-corrected chi connectivity index (χ4v) is 6.40. The highest BCUT2D eigenvalue weighted by atomic mass is 32.2. The molecular formula is C37H45N3O3S. The van der Waals surface area contributed by atoms with E-state index in [0.29, 0.717) is 43.1 Å². The second kappa shape index (κ2) is 16.4. The summed E-state index contributed by atoms with van der Waals surface area (Å²) in [4.78, 5) is 29.9. The van der Waals surface area contributed by atoms with E-state index in [-0.39, 0.29) is 11.8 Å². The number of rotatable bonds is 15. The Morgan fingerprint density at radius 1 is 0.818 bits per heavy atom. The average molecular weight is 612 g/mol. The van der Waals surface area contributed by atoms with E-state index in [4.69, 9.17) is 0 Å². The fraction of sp³-hybridized carbons (Fsp3) is 0.351. The van der Waals surface area contributed by atoms with Gasteiger partial charge in [-0.05, 0) is 78.9 Å². The number of hydrogen-bond donors (Lipinski definition) is 3. The molecule has 0 saturated carbocycles. The van der Waals surface area contributed by atoms with Crippen molar-refractivity contribution in [2.45, 2.75) is 64.1 Å². The molecule has 44 heavy (non-hydrogen) atoms. The summed E-state index contributed by atoms with van der Waals surface area (Å²) >= 11 is 1.60. The van der Waals surface area contributed by atoms with E-state index in [1.54, 1.807) is 23.9 Å². The second-order valence-corrected chi connectivity index (χ2v) is 12.6. The molecule has 3 N–H and O–H groups in total. The van der Waals surface area contributed by atoms with E-state index in [1.165, 1.54) is 10.9 Å². The molecule has 0 aliphatic heterocycles. The highest BCUT2D eigenvalue weighted by Gasteiger charge is 2.24. The lowest BCUT2D eigenvalue weighted by molar-refractivity contribution is 0.0755. The predicted octanol–water partition coefficient (Wildman–Crippen LogP) is 6.76. The third kappa shape index (κ3) is 9.42. The molecule has 0 aromatic heterocycles. The molecule has 0 heterocycles. The zero-order chi connectivity index (χ0) is 31.5. The van der Waals surface area contributed by atoms with E-state index in [9.17, 15) is 14.7 Å². The SMILES string of the molecule is CCCN(CCC)C(=O)c1cc(C)cc(C(=O)N[C@@H](CSc2ccc3ccccc3c2)[C@H](O)CNCc2cccc(C)c2)c1. The minimum Gasteiger partial charge on any atom is -0.390 e. The van der Waals surface area contributed by atoms with Crippen molar-refractivity contribution in [2.75, 3.05) is 25.4 Å². The molecule has 0 spiro atoms. The molecule has 4 aromatic carbocycles. The molecule has 0 fully saturated rings. The first-order valence-electron chi connectivity index (χ1n) is 15.5. The lowest BCUT2D eigenvalue weighted by Crippen LogP contribution is -2.49. The van der Waals surface area contributed by atoms with E-state index < -0.39 is 12.1 Å². The fourth-order valence-electron chi connectivity index (χ4n) is 5.35. The number of thioether (sulfide) groups is 1. The van der Waals surface area contributed by atoms with Crippen molar-refractivity contribution in [3.05, 3.63) is 113 Å². The van der Waals surface area contributed by atoms with Crippen molar-refractivity contribution in [3.63, 3.8) is 0 Å². The predicted molar refractivity (Wildman–Crippen MR) is 182 cm³/mol. The number of aliphatic hydroxyl groups is 1. The van der Waals surface area contributed by atoms with Crippen LogP contribution in [0, 0.1) is 13.8 Å². The van der Waals surface area contributed by atoms with Crippen molar-refractivity contribution in [2.24, 2.45) is 0 Å². The van der Waals surface area contributed by atoms with E-state index in [2.05, 4.69) is 79.9 Å². The largest absolute Gasteiger partial charge is 0.390 e. The molecule has 6 nitrogen and oxygen atoms in total. The van der Waals surface area contributed by atoms with Gasteiger partial charge in [-0.1, -0.05) is 74.0 Å². The highest BCUT2D eigenvalue weighted by molar-refractivity contribution is 7.99. The molecule has 0 aliphatic carbocycles. The molecule has 0 unspecified atom stereocenters. The Bertz CT molecular complexity index is 1550. The number of fused-ring (bicyclic) bond motifs is 1. The van der Waals surface area contributed by atoms with Crippen molar-refractivity contribution in [1.29, 1.82) is 0 Å². The van der Waals surface area contributed by atoms with Crippen LogP contribution in [0.5, 0.6) is 0 Å². The molecule has 0 aliphatic rings. The first-order chi connectivity index (χ1) is 21.3. The maximum absolute atomic E-state index is 13.6. The smallest absolute Gasteiger partial charge is 0.253 e. The van der Waals surface area contributed by atoms with Crippen LogP contribution in [0.2, 0.25) is 0 Å². The van der Waals surface area contributed by atoms with Gasteiger partial charge in [0, 0.05) is 48.0 Å². The third-order valence-corrected chi connectivity index (χ3v) is 8.67. The number of aryl methyl sites for hydroxylation is 2. The topological polar surface area (TPSA) is 81.7 Å². The Kier molecular flexibility index (Phi) is 12.4. The standard InChI is InChI=1S/C37H45N3O3S/c1-5-16-40(17-6-2)37(43)32-20-27(4)19-31(21-32)36(42)39-34(35(41)24-38-23-28-11-9-10-26(3)18-28)25-44-33-15-14-29-12-7-8-13-30(29)22-33/h7-15,18-22,34-35,38,41H,5-6,16-17,23-25H2,1-4H3,(H,39,42)/t34-,35+/m0/s1. The summed E-state index contributed by atoms with van der Waals surface area (Å²) < 4.78 is 0. The molecule has 232 valence electrons. The minimum absolute atomic E-state index is 0.0600. The number of amides is 2. The molecule has 2 amide bonds. The summed E-state index contributed by atoms with van der Waals surface area (Å²) in [6, 6.07) is 27.6. The van der Waals surface area contributed by atoms with E-state index in [1.807, 2.05) is 36.1 Å². The molecule has 0 radical (unpaired) electrons. The third-order valence-electron chi connectivity index (χ3n) is 7.56. The Morgan fingerprint density at radius 3 is 2.27 bits per heavy atom. The number of benzene rings is 4. The normalized spacial score (nSPS) is 12.6. The van der Waals surface area contributed by atoms with Gasteiger partial charge in [-0.15, -0.1) is 11.8 Å². The summed E-state index contributed by atoms with van der Waals surface area (Å²) in [5.74, 6) is 0.118. The van der Waals surface area contributed by atoms with Gasteiger partial charge in [0.1, 0.15) is 0 Å². The van der Waals surface area contributed by atoms with E-state index in [0.717, 1.165) is 34.3 Å². The van der Waals surface area contributed by atoms with Crippen molar-refractivity contribution < 1.29 is 14.7 Å². The second-order valence-electron chi connectivity index (χ2n) is 11.5. The maximum atomic E-state index is 13.6. The summed E-state index contributed by atoms with van der Waals surface area (Å²) in [7, 11) is 0.